The van der Waals surface area contributed by atoms with Gasteiger partial charge in [-0.25, -0.2) is 0 Å². The van der Waals surface area contributed by atoms with Gasteiger partial charge in [-0.1, -0.05) is 19.0 Å². The van der Waals surface area contributed by atoms with E-state index in [-0.39, 0.29) is 17.9 Å². The minimum absolute atomic E-state index is 0. The highest BCUT2D eigenvalue weighted by molar-refractivity contribution is 5.93. The first-order chi connectivity index (χ1) is 6.84. The van der Waals surface area contributed by atoms with Gasteiger partial charge in [0, 0.05) is 6.42 Å². The van der Waals surface area contributed by atoms with Crippen LogP contribution in [0.4, 0.5) is 0 Å². The zero-order chi connectivity index (χ0) is 11.4. The van der Waals surface area contributed by atoms with Gasteiger partial charge in [0.05, 0.1) is 14.1 Å². The van der Waals surface area contributed by atoms with E-state index < -0.39 is 0 Å². The molecule has 3 nitrogen and oxygen atoms in total. The molecule has 2 rings (SSSR count). The molecule has 0 aromatic carbocycles. The lowest BCUT2D eigenvalue weighted by molar-refractivity contribution is -0.901. The lowest BCUT2D eigenvalue weighted by Gasteiger charge is -2.36. The summed E-state index contributed by atoms with van der Waals surface area (Å²) in [6.45, 7) is 6.91. The monoisotopic (exact) mass is 246 g/mol. The maximum atomic E-state index is 9.16. The normalized spacial score (nSPS) is 42.8. The SMILES string of the molecule is C[NH+](C)C1(C)CC2C(CC1=NO)C2(C)C.[Cl-]. The molecule has 3 atom stereocenters. The van der Waals surface area contributed by atoms with Gasteiger partial charge in [0.15, 0.2) is 0 Å². The Bertz CT molecular complexity index is 314. The average molecular weight is 247 g/mol. The Morgan fingerprint density at radius 1 is 1.25 bits per heavy atom. The predicted octanol–water partition coefficient (Wildman–Crippen LogP) is -2.21. The third-order valence-corrected chi connectivity index (χ3v) is 5.19. The molecular formula is C12H23ClN2O. The highest BCUT2D eigenvalue weighted by Crippen LogP contribution is 2.65. The van der Waals surface area contributed by atoms with Gasteiger partial charge in [0.25, 0.3) is 0 Å². The molecule has 2 fully saturated rings. The molecule has 0 spiro atoms. The number of hydrogen-bond donors (Lipinski definition) is 2. The Morgan fingerprint density at radius 3 is 2.25 bits per heavy atom. The maximum Gasteiger partial charge on any atom is 0.137 e. The van der Waals surface area contributed by atoms with Crippen LogP contribution in [0.3, 0.4) is 0 Å². The number of hydrogen-bond acceptors (Lipinski definition) is 2. The number of halogens is 1. The fourth-order valence-corrected chi connectivity index (χ4v) is 3.30. The number of nitrogens with one attached hydrogen (secondary N) is 1. The minimum Gasteiger partial charge on any atom is -1.00 e. The van der Waals surface area contributed by atoms with E-state index in [2.05, 4.69) is 40.0 Å². The van der Waals surface area contributed by atoms with Crippen LogP contribution in [0.1, 0.15) is 33.6 Å². The number of oxime groups is 1. The molecule has 2 saturated carbocycles. The summed E-state index contributed by atoms with van der Waals surface area (Å²) in [5, 5.41) is 12.7. The van der Waals surface area contributed by atoms with E-state index in [4.69, 9.17) is 5.21 Å². The molecular weight excluding hydrogens is 224 g/mol. The van der Waals surface area contributed by atoms with Gasteiger partial charge < -0.3 is 22.5 Å². The van der Waals surface area contributed by atoms with Gasteiger partial charge in [0.2, 0.25) is 0 Å². The summed E-state index contributed by atoms with van der Waals surface area (Å²) in [6.07, 6.45) is 2.14. The van der Waals surface area contributed by atoms with E-state index in [1.165, 1.54) is 4.90 Å². The van der Waals surface area contributed by atoms with Crippen molar-refractivity contribution in [3.8, 4) is 0 Å². The molecule has 0 aromatic heterocycles. The molecule has 0 saturated heterocycles. The first-order valence-corrected chi connectivity index (χ1v) is 5.86. The summed E-state index contributed by atoms with van der Waals surface area (Å²) >= 11 is 0. The minimum atomic E-state index is 0. The summed E-state index contributed by atoms with van der Waals surface area (Å²) in [4.78, 5) is 1.37. The zero-order valence-electron chi connectivity index (χ0n) is 10.8. The quantitative estimate of drug-likeness (QED) is 0.400. The van der Waals surface area contributed by atoms with Crippen molar-refractivity contribution < 1.29 is 22.5 Å². The molecule has 0 bridgehead atoms. The topological polar surface area (TPSA) is 37.0 Å². The highest BCUT2D eigenvalue weighted by Gasteiger charge is 2.65. The lowest BCUT2D eigenvalue weighted by atomic mass is 9.80. The van der Waals surface area contributed by atoms with E-state index in [0.717, 1.165) is 30.4 Å². The van der Waals surface area contributed by atoms with E-state index >= 15 is 0 Å². The van der Waals surface area contributed by atoms with Crippen molar-refractivity contribution in [1.29, 1.82) is 0 Å². The van der Waals surface area contributed by atoms with Crippen LogP contribution in [-0.2, 0) is 0 Å². The van der Waals surface area contributed by atoms with E-state index in [1.807, 2.05) is 0 Å². The van der Waals surface area contributed by atoms with Gasteiger partial charge in [-0.2, -0.15) is 0 Å². The van der Waals surface area contributed by atoms with Crippen LogP contribution in [0, 0.1) is 17.3 Å². The molecule has 3 unspecified atom stereocenters. The van der Waals surface area contributed by atoms with Crippen molar-refractivity contribution >= 4 is 5.71 Å². The van der Waals surface area contributed by atoms with Crippen LogP contribution in [0.5, 0.6) is 0 Å². The van der Waals surface area contributed by atoms with Crippen molar-refractivity contribution in [2.45, 2.75) is 39.2 Å². The van der Waals surface area contributed by atoms with Crippen LogP contribution in [-0.4, -0.2) is 30.6 Å². The fraction of sp³-hybridized carbons (Fsp3) is 0.917. The average Bonchev–Trinajstić information content (AvgIpc) is 2.66. The van der Waals surface area contributed by atoms with Crippen LogP contribution < -0.4 is 17.3 Å². The second-order valence-electron chi connectivity index (χ2n) is 6.32. The summed E-state index contributed by atoms with van der Waals surface area (Å²) < 4.78 is 0. The molecule has 4 heteroatoms. The van der Waals surface area contributed by atoms with Crippen molar-refractivity contribution in [3.05, 3.63) is 0 Å². The molecule has 0 aliphatic heterocycles. The van der Waals surface area contributed by atoms with Gasteiger partial charge in [-0.05, 0) is 30.6 Å². The summed E-state index contributed by atoms with van der Waals surface area (Å²) in [5.41, 5.74) is 1.49. The van der Waals surface area contributed by atoms with Crippen molar-refractivity contribution in [2.24, 2.45) is 22.4 Å². The fourth-order valence-electron chi connectivity index (χ4n) is 3.30. The zero-order valence-corrected chi connectivity index (χ0v) is 11.6. The summed E-state index contributed by atoms with van der Waals surface area (Å²) in [7, 11) is 4.31. The first kappa shape index (κ1) is 13.8. The predicted molar refractivity (Wildman–Crippen MR) is 60.4 cm³/mol. The van der Waals surface area contributed by atoms with Gasteiger partial charge >= 0.3 is 0 Å². The molecule has 0 heterocycles. The Labute approximate surface area is 104 Å². The van der Waals surface area contributed by atoms with Gasteiger partial charge in [0.1, 0.15) is 11.3 Å². The third-order valence-electron chi connectivity index (χ3n) is 5.19. The largest absolute Gasteiger partial charge is 1.00 e. The van der Waals surface area contributed by atoms with Crippen molar-refractivity contribution in [2.75, 3.05) is 14.1 Å². The smallest absolute Gasteiger partial charge is 0.137 e. The maximum absolute atomic E-state index is 9.16. The van der Waals surface area contributed by atoms with Crippen LogP contribution in [0.2, 0.25) is 0 Å². The van der Waals surface area contributed by atoms with Crippen molar-refractivity contribution in [1.82, 2.24) is 0 Å². The van der Waals surface area contributed by atoms with Gasteiger partial charge in [-0.3, -0.25) is 0 Å². The second-order valence-corrected chi connectivity index (χ2v) is 6.32. The van der Waals surface area contributed by atoms with Crippen molar-refractivity contribution in [3.63, 3.8) is 0 Å². The lowest BCUT2D eigenvalue weighted by Crippen LogP contribution is -3.16. The number of fused-ring (bicyclic) bond motifs is 1. The second kappa shape index (κ2) is 3.88. The molecule has 2 N–H and O–H groups in total. The standard InChI is InChI=1S/C12H22N2O.ClH/c1-11(2)8-6-10(13-15)12(3,14(4)5)7-9(8)11;/h8-9,15H,6-7H2,1-5H3;1H. The van der Waals surface area contributed by atoms with E-state index in [9.17, 15) is 0 Å². The van der Waals surface area contributed by atoms with E-state index in [1.54, 1.807) is 0 Å². The number of nitrogens with zero attached hydrogens (tertiary/aromatic N) is 1. The van der Waals surface area contributed by atoms with Gasteiger partial charge in [-0.15, -0.1) is 0 Å². The first-order valence-electron chi connectivity index (χ1n) is 5.86. The summed E-state index contributed by atoms with van der Waals surface area (Å²) in [6, 6.07) is 0. The summed E-state index contributed by atoms with van der Waals surface area (Å²) in [5.74, 6) is 1.57. The Morgan fingerprint density at radius 2 is 1.81 bits per heavy atom. The Balaban J connectivity index is 0.00000128. The molecule has 0 radical (unpaired) electrons. The van der Waals surface area contributed by atoms with E-state index in [0.29, 0.717) is 5.41 Å². The van der Waals surface area contributed by atoms with Crippen LogP contribution in [0.15, 0.2) is 5.16 Å². The molecule has 94 valence electrons. The Hall–Kier alpha value is -0.280. The Kier molecular flexibility index (Phi) is 3.34. The molecule has 0 aromatic rings. The number of quaternary nitrogens is 1. The highest BCUT2D eigenvalue weighted by atomic mass is 35.5. The van der Waals surface area contributed by atoms with Crippen LogP contribution in [0.25, 0.3) is 0 Å². The molecule has 0 amide bonds. The molecule has 16 heavy (non-hydrogen) atoms. The van der Waals surface area contributed by atoms with Crippen LogP contribution >= 0.6 is 0 Å². The number of rotatable bonds is 1. The molecule has 2 aliphatic rings. The third kappa shape index (κ3) is 1.65. The molecule has 2 aliphatic carbocycles.